The van der Waals surface area contributed by atoms with E-state index in [4.69, 9.17) is 9.15 Å². The summed E-state index contributed by atoms with van der Waals surface area (Å²) in [4.78, 5) is 33.9. The third-order valence-corrected chi connectivity index (χ3v) is 3.93. The Hall–Kier alpha value is -3.95. The average Bonchev–Trinajstić information content (AvgIpc) is 3.21. The number of carbonyl (C=O) groups is 1. The number of nitrogens with one attached hydrogen (secondary N) is 1. The lowest BCUT2D eigenvalue weighted by Crippen LogP contribution is -2.31. The highest BCUT2D eigenvalue weighted by atomic mass is 16.6. The summed E-state index contributed by atoms with van der Waals surface area (Å²) in [5.74, 6) is -0.574. The molecule has 29 heavy (non-hydrogen) atoms. The topological polar surface area (TPSA) is 130 Å². The molecule has 1 N–H and O–H groups in total. The van der Waals surface area contributed by atoms with Gasteiger partial charge < -0.3 is 14.5 Å². The van der Waals surface area contributed by atoms with Gasteiger partial charge in [0.1, 0.15) is 10.7 Å². The maximum atomic E-state index is 12.0. The van der Waals surface area contributed by atoms with Crippen LogP contribution in [0.4, 0.5) is 5.88 Å². The van der Waals surface area contributed by atoms with Gasteiger partial charge in [0, 0.05) is 18.2 Å². The molecule has 2 aromatic heterocycles. The van der Waals surface area contributed by atoms with E-state index in [1.54, 1.807) is 6.07 Å². The molecule has 0 aliphatic heterocycles. The lowest BCUT2D eigenvalue weighted by Gasteiger charge is -2.09. The minimum Gasteiger partial charge on any atom is -0.494 e. The van der Waals surface area contributed by atoms with Crippen LogP contribution in [0.25, 0.3) is 11.3 Å². The summed E-state index contributed by atoms with van der Waals surface area (Å²) in [5, 5.41) is 17.5. The number of aromatic nitrogens is 2. The van der Waals surface area contributed by atoms with Gasteiger partial charge in [0.25, 0.3) is 11.5 Å². The Bertz CT molecular complexity index is 1070. The number of nitro groups is 1. The molecule has 0 spiro atoms. The van der Waals surface area contributed by atoms with Crippen LogP contribution in [-0.2, 0) is 6.54 Å². The smallest absolute Gasteiger partial charge is 0.433 e. The molecule has 0 bridgehead atoms. The third kappa shape index (κ3) is 4.86. The summed E-state index contributed by atoms with van der Waals surface area (Å²) in [6, 6.07) is 12.6. The monoisotopic (exact) mass is 398 g/mol. The fraction of sp³-hybridized carbons (Fsp3) is 0.211. The van der Waals surface area contributed by atoms with E-state index in [2.05, 4.69) is 10.4 Å². The normalized spacial score (nSPS) is 10.5. The van der Waals surface area contributed by atoms with Crippen LogP contribution in [-0.4, -0.2) is 33.8 Å². The van der Waals surface area contributed by atoms with E-state index in [9.17, 15) is 19.7 Å². The van der Waals surface area contributed by atoms with Crippen LogP contribution in [0.5, 0.6) is 5.75 Å². The van der Waals surface area contributed by atoms with Crippen LogP contribution in [0.3, 0.4) is 0 Å². The fourth-order valence-corrected chi connectivity index (χ4v) is 2.56. The van der Waals surface area contributed by atoms with Crippen molar-refractivity contribution in [1.82, 2.24) is 15.1 Å². The van der Waals surface area contributed by atoms with Crippen molar-refractivity contribution < 1.29 is 18.9 Å². The highest BCUT2D eigenvalue weighted by Gasteiger charge is 2.16. The van der Waals surface area contributed by atoms with E-state index in [0.29, 0.717) is 12.3 Å². The number of carbonyl (C=O) groups excluding carboxylic acids is 1. The largest absolute Gasteiger partial charge is 0.494 e. The van der Waals surface area contributed by atoms with Gasteiger partial charge in [-0.1, -0.05) is 0 Å². The van der Waals surface area contributed by atoms with Crippen molar-refractivity contribution in [1.29, 1.82) is 0 Å². The van der Waals surface area contributed by atoms with Crippen molar-refractivity contribution in [3.8, 4) is 17.0 Å². The fourth-order valence-electron chi connectivity index (χ4n) is 2.56. The van der Waals surface area contributed by atoms with Gasteiger partial charge in [0.05, 0.1) is 24.9 Å². The van der Waals surface area contributed by atoms with Crippen molar-refractivity contribution in [3.63, 3.8) is 0 Å². The van der Waals surface area contributed by atoms with E-state index in [1.807, 2.05) is 31.2 Å². The molecule has 0 aliphatic carbocycles. The van der Waals surface area contributed by atoms with Gasteiger partial charge in [0.15, 0.2) is 5.76 Å². The first kappa shape index (κ1) is 19.8. The molecule has 1 aromatic carbocycles. The van der Waals surface area contributed by atoms with Gasteiger partial charge >= 0.3 is 5.88 Å². The molecule has 0 radical (unpaired) electrons. The van der Waals surface area contributed by atoms with Gasteiger partial charge in [-0.25, -0.2) is 4.68 Å². The molecule has 3 rings (SSSR count). The lowest BCUT2D eigenvalue weighted by atomic mass is 10.1. The van der Waals surface area contributed by atoms with Crippen LogP contribution in [0, 0.1) is 10.1 Å². The minimum atomic E-state index is -0.729. The number of benzene rings is 1. The van der Waals surface area contributed by atoms with Gasteiger partial charge in [-0.15, -0.1) is 0 Å². The van der Waals surface area contributed by atoms with E-state index in [1.165, 1.54) is 16.8 Å². The Morgan fingerprint density at radius 3 is 2.62 bits per heavy atom. The van der Waals surface area contributed by atoms with Crippen LogP contribution in [0.1, 0.15) is 17.5 Å². The summed E-state index contributed by atoms with van der Waals surface area (Å²) in [6.07, 6.45) is 0. The van der Waals surface area contributed by atoms with Gasteiger partial charge in [0.2, 0.25) is 0 Å². The van der Waals surface area contributed by atoms with Crippen LogP contribution in [0.2, 0.25) is 0 Å². The molecule has 10 heteroatoms. The second kappa shape index (κ2) is 8.83. The number of rotatable bonds is 8. The Labute approximate surface area is 164 Å². The summed E-state index contributed by atoms with van der Waals surface area (Å²) >= 11 is 0. The molecule has 0 aliphatic rings. The zero-order valence-electron chi connectivity index (χ0n) is 15.5. The number of ether oxygens (including phenoxy) is 1. The molecular formula is C19H18N4O6. The molecule has 0 saturated heterocycles. The van der Waals surface area contributed by atoms with Gasteiger partial charge in [-0.3, -0.25) is 19.7 Å². The van der Waals surface area contributed by atoms with Crippen molar-refractivity contribution in [2.45, 2.75) is 13.5 Å². The quantitative estimate of drug-likeness (QED) is 0.455. The first-order valence-corrected chi connectivity index (χ1v) is 8.81. The number of hydrogen-bond donors (Lipinski definition) is 1. The zero-order valence-corrected chi connectivity index (χ0v) is 15.5. The predicted octanol–water partition coefficient (Wildman–Crippen LogP) is 2.24. The van der Waals surface area contributed by atoms with Crippen molar-refractivity contribution in [2.75, 3.05) is 13.2 Å². The highest BCUT2D eigenvalue weighted by molar-refractivity contribution is 5.91. The Morgan fingerprint density at radius 1 is 1.21 bits per heavy atom. The maximum Gasteiger partial charge on any atom is 0.433 e. The van der Waals surface area contributed by atoms with Crippen LogP contribution < -0.4 is 15.6 Å². The molecule has 0 atom stereocenters. The van der Waals surface area contributed by atoms with E-state index in [-0.39, 0.29) is 24.4 Å². The summed E-state index contributed by atoms with van der Waals surface area (Å²) in [5.41, 5.74) is 1.09. The second-order valence-corrected chi connectivity index (χ2v) is 5.89. The van der Waals surface area contributed by atoms with Crippen LogP contribution in [0.15, 0.2) is 57.7 Å². The molecule has 0 unspecified atom stereocenters. The Morgan fingerprint density at radius 2 is 1.97 bits per heavy atom. The van der Waals surface area contributed by atoms with E-state index in [0.717, 1.165) is 17.4 Å². The van der Waals surface area contributed by atoms with Gasteiger partial charge in [-0.05, 0) is 43.3 Å². The standard InChI is InChI=1S/C19H18N4O6/c1-2-28-14-5-3-13(4-6-14)15-7-9-17(24)22(21-15)12-11-20-19(25)16-8-10-18(29-16)23(26)27/h3-10H,2,11-12H2,1H3,(H,20,25). The molecular weight excluding hydrogens is 380 g/mol. The second-order valence-electron chi connectivity index (χ2n) is 5.89. The third-order valence-electron chi connectivity index (χ3n) is 3.93. The molecule has 150 valence electrons. The molecule has 2 heterocycles. The minimum absolute atomic E-state index is 0.0902. The van der Waals surface area contributed by atoms with Gasteiger partial charge in [-0.2, -0.15) is 5.10 Å². The number of furan rings is 1. The first-order valence-electron chi connectivity index (χ1n) is 8.81. The SMILES string of the molecule is CCOc1ccc(-c2ccc(=O)n(CCNC(=O)c3ccc([N+](=O)[O-])o3)n2)cc1. The van der Waals surface area contributed by atoms with E-state index >= 15 is 0 Å². The first-order chi connectivity index (χ1) is 14.0. The van der Waals surface area contributed by atoms with Crippen molar-refractivity contribution in [2.24, 2.45) is 0 Å². The number of amides is 1. The molecule has 3 aromatic rings. The predicted molar refractivity (Wildman–Crippen MR) is 103 cm³/mol. The highest BCUT2D eigenvalue weighted by Crippen LogP contribution is 2.20. The molecule has 0 saturated carbocycles. The number of hydrogen-bond acceptors (Lipinski definition) is 7. The summed E-state index contributed by atoms with van der Waals surface area (Å²) in [7, 11) is 0. The lowest BCUT2D eigenvalue weighted by molar-refractivity contribution is -0.402. The average molecular weight is 398 g/mol. The molecule has 10 nitrogen and oxygen atoms in total. The summed E-state index contributed by atoms with van der Waals surface area (Å²) < 4.78 is 11.5. The maximum absolute atomic E-state index is 12.0. The molecule has 1 amide bonds. The van der Waals surface area contributed by atoms with Crippen molar-refractivity contribution in [3.05, 3.63) is 74.8 Å². The van der Waals surface area contributed by atoms with Crippen LogP contribution >= 0.6 is 0 Å². The Balaban J connectivity index is 1.64. The van der Waals surface area contributed by atoms with E-state index < -0.39 is 16.7 Å². The zero-order chi connectivity index (χ0) is 20.8. The Kier molecular flexibility index (Phi) is 6.03. The number of nitrogens with zero attached hydrogens (tertiary/aromatic N) is 3. The van der Waals surface area contributed by atoms with Crippen molar-refractivity contribution >= 4 is 11.8 Å². The summed E-state index contributed by atoms with van der Waals surface area (Å²) in [6.45, 7) is 2.68. The molecule has 0 fully saturated rings.